The van der Waals surface area contributed by atoms with Crippen molar-refractivity contribution in [3.63, 3.8) is 0 Å². The van der Waals surface area contributed by atoms with E-state index in [4.69, 9.17) is 0 Å². The van der Waals surface area contributed by atoms with Crippen LogP contribution in [0.1, 0.15) is 29.1 Å². The molecular weight excluding hydrogens is 380 g/mol. The Morgan fingerprint density at radius 2 is 1.78 bits per heavy atom. The van der Waals surface area contributed by atoms with E-state index in [2.05, 4.69) is 4.99 Å². The average molecular weight is 396 g/mol. The molecule has 136 valence electrons. The minimum absolute atomic E-state index is 0.350. The molecule has 0 spiro atoms. The lowest BCUT2D eigenvalue weighted by atomic mass is 10.2. The highest BCUT2D eigenvalue weighted by Crippen LogP contribution is 2.26. The molecule has 0 aliphatic carbocycles. The lowest BCUT2D eigenvalue weighted by Crippen LogP contribution is -2.27. The van der Waals surface area contributed by atoms with Gasteiger partial charge in [-0.15, -0.1) is 11.3 Å². The van der Waals surface area contributed by atoms with Gasteiger partial charge in [-0.1, -0.05) is 48.6 Å². The zero-order valence-electron chi connectivity index (χ0n) is 14.5. The summed E-state index contributed by atoms with van der Waals surface area (Å²) in [6.45, 7) is 1.82. The second-order valence-corrected chi connectivity index (χ2v) is 8.14. The van der Waals surface area contributed by atoms with E-state index in [9.17, 15) is 14.7 Å². The molecule has 0 bridgehead atoms. The summed E-state index contributed by atoms with van der Waals surface area (Å²) in [6.07, 6.45) is 0.403. The maximum absolute atomic E-state index is 12.8. The Morgan fingerprint density at radius 3 is 2.48 bits per heavy atom. The van der Waals surface area contributed by atoms with Gasteiger partial charge in [-0.3, -0.25) is 4.79 Å². The van der Waals surface area contributed by atoms with Gasteiger partial charge in [0.15, 0.2) is 4.80 Å². The van der Waals surface area contributed by atoms with Crippen molar-refractivity contribution in [3.05, 3.63) is 64.3 Å². The zero-order chi connectivity index (χ0) is 19.0. The number of carboxylic acids is 1. The van der Waals surface area contributed by atoms with Gasteiger partial charge in [0.2, 0.25) is 0 Å². The fourth-order valence-electron chi connectivity index (χ4n) is 3.07. The van der Waals surface area contributed by atoms with Crippen molar-refractivity contribution in [1.82, 2.24) is 4.57 Å². The fraction of sp³-hybridized carbons (Fsp3) is 0.150. The highest BCUT2D eigenvalue weighted by Gasteiger charge is 2.22. The first kappa shape index (κ1) is 17.6. The Bertz CT molecular complexity index is 1200. The molecule has 0 aliphatic heterocycles. The first-order chi connectivity index (χ1) is 13.1. The smallest absolute Gasteiger partial charge is 0.326 e. The van der Waals surface area contributed by atoms with Crippen molar-refractivity contribution in [2.45, 2.75) is 19.4 Å². The number of amides is 1. The van der Waals surface area contributed by atoms with E-state index in [0.29, 0.717) is 16.1 Å². The van der Waals surface area contributed by atoms with Crippen LogP contribution < -0.4 is 4.80 Å². The fourth-order valence-corrected chi connectivity index (χ4v) is 5.08. The Morgan fingerprint density at radius 1 is 1.07 bits per heavy atom. The molecule has 1 N–H and O–H groups in total. The van der Waals surface area contributed by atoms with Crippen molar-refractivity contribution in [2.75, 3.05) is 0 Å². The Kier molecular flexibility index (Phi) is 4.63. The molecule has 2 heterocycles. The van der Waals surface area contributed by atoms with Crippen LogP contribution in [-0.2, 0) is 4.79 Å². The number of hydrogen-bond donors (Lipinski definition) is 1. The molecule has 27 heavy (non-hydrogen) atoms. The third-order valence-electron chi connectivity index (χ3n) is 4.35. The molecule has 0 fully saturated rings. The van der Waals surface area contributed by atoms with Gasteiger partial charge >= 0.3 is 5.97 Å². The first-order valence-electron chi connectivity index (χ1n) is 8.49. The van der Waals surface area contributed by atoms with Gasteiger partial charge in [-0.05, 0) is 36.1 Å². The number of nitrogens with zero attached hydrogens (tertiary/aromatic N) is 2. The predicted octanol–water partition coefficient (Wildman–Crippen LogP) is 4.69. The highest BCUT2D eigenvalue weighted by molar-refractivity contribution is 7.20. The van der Waals surface area contributed by atoms with Gasteiger partial charge in [0, 0.05) is 4.70 Å². The van der Waals surface area contributed by atoms with Crippen LogP contribution in [0.15, 0.2) is 59.6 Å². The van der Waals surface area contributed by atoms with Gasteiger partial charge in [-0.25, -0.2) is 4.79 Å². The number of para-hydroxylation sites is 1. The van der Waals surface area contributed by atoms with E-state index in [1.807, 2.05) is 61.5 Å². The van der Waals surface area contributed by atoms with Crippen LogP contribution in [0.2, 0.25) is 0 Å². The molecule has 0 saturated heterocycles. The summed E-state index contributed by atoms with van der Waals surface area (Å²) < 4.78 is 3.59. The summed E-state index contributed by atoms with van der Waals surface area (Å²) in [4.78, 5) is 29.8. The van der Waals surface area contributed by atoms with Crippen molar-refractivity contribution in [1.29, 1.82) is 0 Å². The predicted molar refractivity (Wildman–Crippen MR) is 108 cm³/mol. The molecule has 5 nitrogen and oxygen atoms in total. The van der Waals surface area contributed by atoms with E-state index in [1.165, 1.54) is 22.7 Å². The summed E-state index contributed by atoms with van der Waals surface area (Å²) in [6, 6.07) is 16.4. The van der Waals surface area contributed by atoms with Crippen LogP contribution in [-0.4, -0.2) is 21.6 Å². The van der Waals surface area contributed by atoms with Gasteiger partial charge in [0.1, 0.15) is 6.04 Å². The lowest BCUT2D eigenvalue weighted by Gasteiger charge is -2.13. The van der Waals surface area contributed by atoms with E-state index < -0.39 is 12.0 Å². The molecule has 1 unspecified atom stereocenters. The van der Waals surface area contributed by atoms with Crippen molar-refractivity contribution in [2.24, 2.45) is 4.99 Å². The van der Waals surface area contributed by atoms with Crippen LogP contribution in [0.4, 0.5) is 0 Å². The number of rotatable bonds is 4. The molecule has 4 aromatic rings. The monoisotopic (exact) mass is 396 g/mol. The molecule has 2 aromatic carbocycles. The summed E-state index contributed by atoms with van der Waals surface area (Å²) >= 11 is 2.73. The number of hydrogen-bond acceptors (Lipinski definition) is 4. The largest absolute Gasteiger partial charge is 0.480 e. The normalized spacial score (nSPS) is 13.3. The summed E-state index contributed by atoms with van der Waals surface area (Å²) in [5.41, 5.74) is 0.777. The van der Waals surface area contributed by atoms with Crippen LogP contribution in [0.3, 0.4) is 0 Å². The summed E-state index contributed by atoms with van der Waals surface area (Å²) in [5, 5.41) is 10.6. The molecule has 0 saturated carbocycles. The number of benzene rings is 2. The molecule has 1 atom stereocenters. The molecule has 0 radical (unpaired) electrons. The summed E-state index contributed by atoms with van der Waals surface area (Å²) in [7, 11) is 0. The number of thiophene rings is 1. The number of fused-ring (bicyclic) bond motifs is 2. The van der Waals surface area contributed by atoms with Gasteiger partial charge in [-0.2, -0.15) is 4.99 Å². The van der Waals surface area contributed by atoms with Crippen LogP contribution in [0.25, 0.3) is 20.3 Å². The molecule has 0 aliphatic rings. The third-order valence-corrected chi connectivity index (χ3v) is 6.49. The standard InChI is InChI=1S/C20H16N2O3S2/c1-2-13(19(24)25)22-14-8-4-6-10-16(14)27-20(22)21-18(23)17-11-12-7-3-5-9-15(12)26-17/h3-11,13H,2H2,1H3,(H,24,25)/b21-20+. The highest BCUT2D eigenvalue weighted by atomic mass is 32.1. The Labute approximate surface area is 162 Å². The SMILES string of the molecule is CCC(C(=O)O)n1/c(=N\C(=O)c2cc3ccccc3s2)sc2ccccc21. The molecule has 2 aromatic heterocycles. The Balaban J connectivity index is 1.89. The lowest BCUT2D eigenvalue weighted by molar-refractivity contribution is -0.140. The van der Waals surface area contributed by atoms with Crippen LogP contribution in [0, 0.1) is 0 Å². The van der Waals surface area contributed by atoms with E-state index >= 15 is 0 Å². The quantitative estimate of drug-likeness (QED) is 0.544. The van der Waals surface area contributed by atoms with Crippen molar-refractivity contribution >= 4 is 54.9 Å². The van der Waals surface area contributed by atoms with Gasteiger partial charge < -0.3 is 9.67 Å². The van der Waals surface area contributed by atoms with E-state index in [1.54, 1.807) is 4.57 Å². The zero-order valence-corrected chi connectivity index (χ0v) is 16.1. The maximum Gasteiger partial charge on any atom is 0.326 e. The maximum atomic E-state index is 12.8. The van der Waals surface area contributed by atoms with Gasteiger partial charge in [0.25, 0.3) is 5.91 Å². The minimum atomic E-state index is -0.934. The number of aromatic nitrogens is 1. The van der Waals surface area contributed by atoms with Crippen LogP contribution in [0.5, 0.6) is 0 Å². The summed E-state index contributed by atoms with van der Waals surface area (Å²) in [5.74, 6) is -1.28. The molecule has 1 amide bonds. The van der Waals surface area contributed by atoms with Crippen molar-refractivity contribution in [3.8, 4) is 0 Å². The van der Waals surface area contributed by atoms with Crippen LogP contribution >= 0.6 is 22.7 Å². The number of aliphatic carboxylic acids is 1. The van der Waals surface area contributed by atoms with Gasteiger partial charge in [0.05, 0.1) is 15.1 Å². The Hall–Kier alpha value is -2.77. The molecule has 7 heteroatoms. The number of carbonyl (C=O) groups is 2. The van der Waals surface area contributed by atoms with E-state index in [0.717, 1.165) is 20.3 Å². The second kappa shape index (κ2) is 7.09. The number of carboxylic acid groups (broad SMARTS) is 1. The molecule has 4 rings (SSSR count). The average Bonchev–Trinajstić information content (AvgIpc) is 3.24. The first-order valence-corrected chi connectivity index (χ1v) is 10.1. The topological polar surface area (TPSA) is 71.7 Å². The molecular formula is C20H16N2O3S2. The van der Waals surface area contributed by atoms with E-state index in [-0.39, 0.29) is 5.91 Å². The van der Waals surface area contributed by atoms with Crippen molar-refractivity contribution < 1.29 is 14.7 Å². The minimum Gasteiger partial charge on any atom is -0.480 e. The second-order valence-electron chi connectivity index (χ2n) is 6.05. The third kappa shape index (κ3) is 3.20. The number of thiazole rings is 1. The number of carbonyl (C=O) groups excluding carboxylic acids is 1.